The molecule has 1 amide bonds. The Morgan fingerprint density at radius 1 is 1.62 bits per heavy atom. The normalized spacial score (nSPS) is 12.6. The third-order valence-corrected chi connectivity index (χ3v) is 2.66. The third kappa shape index (κ3) is 2.50. The van der Waals surface area contributed by atoms with Gasteiger partial charge in [-0.2, -0.15) is 0 Å². The van der Waals surface area contributed by atoms with Gasteiger partial charge in [0.25, 0.3) is 0 Å². The van der Waals surface area contributed by atoms with Gasteiger partial charge in [0.15, 0.2) is 5.13 Å². The summed E-state index contributed by atoms with van der Waals surface area (Å²) in [5.74, 6) is -0.200. The molecule has 0 aliphatic heterocycles. The summed E-state index contributed by atoms with van der Waals surface area (Å²) < 4.78 is 0. The highest BCUT2D eigenvalue weighted by atomic mass is 32.1. The molecule has 0 saturated heterocycles. The van der Waals surface area contributed by atoms with Crippen molar-refractivity contribution in [1.82, 2.24) is 4.98 Å². The average Bonchev–Trinajstić information content (AvgIpc) is 2.31. The second-order valence-corrected chi connectivity index (χ2v) is 4.14. The zero-order chi connectivity index (χ0) is 10.0. The van der Waals surface area contributed by atoms with E-state index in [2.05, 4.69) is 10.3 Å². The van der Waals surface area contributed by atoms with Gasteiger partial charge in [0.2, 0.25) is 5.91 Å². The molecule has 4 nitrogen and oxygen atoms in total. The first-order valence-corrected chi connectivity index (χ1v) is 4.83. The highest BCUT2D eigenvalue weighted by Gasteiger charge is 2.10. The predicted octanol–water partition coefficient (Wildman–Crippen LogP) is 1.05. The van der Waals surface area contributed by atoms with Crippen molar-refractivity contribution in [3.05, 3.63) is 10.6 Å². The van der Waals surface area contributed by atoms with Gasteiger partial charge in [0, 0.05) is 4.88 Å². The molecule has 72 valence electrons. The number of aromatic nitrogens is 1. The number of amides is 1. The number of nitrogens with zero attached hydrogens (tertiary/aromatic N) is 1. The van der Waals surface area contributed by atoms with Crippen molar-refractivity contribution in [2.24, 2.45) is 5.73 Å². The van der Waals surface area contributed by atoms with Gasteiger partial charge in [-0.25, -0.2) is 4.98 Å². The Balaban J connectivity index is 2.70. The van der Waals surface area contributed by atoms with Gasteiger partial charge < -0.3 is 11.1 Å². The second-order valence-electron chi connectivity index (χ2n) is 2.94. The molecule has 5 heteroatoms. The summed E-state index contributed by atoms with van der Waals surface area (Å²) in [6, 6.07) is -0.496. The lowest BCUT2D eigenvalue weighted by molar-refractivity contribution is -0.117. The highest BCUT2D eigenvalue weighted by Crippen LogP contribution is 2.20. The molecule has 0 saturated carbocycles. The molecule has 0 aliphatic rings. The summed E-state index contributed by atoms with van der Waals surface area (Å²) in [4.78, 5) is 16.4. The van der Waals surface area contributed by atoms with Crippen molar-refractivity contribution in [2.75, 3.05) is 5.32 Å². The van der Waals surface area contributed by atoms with Crippen molar-refractivity contribution < 1.29 is 4.79 Å². The molecule has 0 radical (unpaired) electrons. The van der Waals surface area contributed by atoms with Crippen molar-refractivity contribution in [2.45, 2.75) is 26.8 Å². The summed E-state index contributed by atoms with van der Waals surface area (Å²) in [7, 11) is 0. The van der Waals surface area contributed by atoms with Crippen LogP contribution in [0.2, 0.25) is 0 Å². The number of carbonyl (C=O) groups excluding carboxylic acids is 1. The summed E-state index contributed by atoms with van der Waals surface area (Å²) in [6.45, 7) is 5.52. The van der Waals surface area contributed by atoms with E-state index in [1.54, 1.807) is 6.92 Å². The SMILES string of the molecule is Cc1nc(NC(=O)C(C)N)sc1C. The molecule has 13 heavy (non-hydrogen) atoms. The molecule has 1 aromatic rings. The number of anilines is 1. The van der Waals surface area contributed by atoms with E-state index in [0.717, 1.165) is 10.6 Å². The van der Waals surface area contributed by atoms with Crippen LogP contribution < -0.4 is 11.1 Å². The van der Waals surface area contributed by atoms with Gasteiger partial charge in [0.05, 0.1) is 11.7 Å². The third-order valence-electron chi connectivity index (χ3n) is 1.67. The number of hydrogen-bond donors (Lipinski definition) is 2. The molecule has 3 N–H and O–H groups in total. The van der Waals surface area contributed by atoms with Gasteiger partial charge in [0.1, 0.15) is 0 Å². The molecule has 1 rings (SSSR count). The number of carbonyl (C=O) groups is 1. The van der Waals surface area contributed by atoms with Crippen LogP contribution in [0.3, 0.4) is 0 Å². The Bertz CT molecular complexity index is 300. The molecule has 0 fully saturated rings. The van der Waals surface area contributed by atoms with E-state index in [-0.39, 0.29) is 5.91 Å². The van der Waals surface area contributed by atoms with Crippen molar-refractivity contribution in [1.29, 1.82) is 0 Å². The van der Waals surface area contributed by atoms with Crippen molar-refractivity contribution in [3.63, 3.8) is 0 Å². The first kappa shape index (κ1) is 10.1. The number of thiazole rings is 1. The maximum Gasteiger partial charge on any atom is 0.242 e. The number of nitrogens with one attached hydrogen (secondary N) is 1. The lowest BCUT2D eigenvalue weighted by Crippen LogP contribution is -2.32. The fraction of sp³-hybridized carbons (Fsp3) is 0.500. The molecule has 1 heterocycles. The minimum Gasteiger partial charge on any atom is -0.320 e. The Morgan fingerprint density at radius 2 is 2.23 bits per heavy atom. The molecule has 0 bridgehead atoms. The molecular formula is C8H13N3OS. The quantitative estimate of drug-likeness (QED) is 0.748. The van der Waals surface area contributed by atoms with Crippen LogP contribution in [0, 0.1) is 13.8 Å². The number of rotatable bonds is 2. The lowest BCUT2D eigenvalue weighted by atomic mass is 10.3. The summed E-state index contributed by atoms with van der Waals surface area (Å²) in [6.07, 6.45) is 0. The van der Waals surface area contributed by atoms with E-state index in [9.17, 15) is 4.79 Å². The van der Waals surface area contributed by atoms with Crippen LogP contribution >= 0.6 is 11.3 Å². The van der Waals surface area contributed by atoms with E-state index in [1.165, 1.54) is 11.3 Å². The van der Waals surface area contributed by atoms with Crippen LogP contribution in [-0.4, -0.2) is 16.9 Å². The highest BCUT2D eigenvalue weighted by molar-refractivity contribution is 7.15. The Kier molecular flexibility index (Phi) is 3.00. The van der Waals surface area contributed by atoms with Gasteiger partial charge >= 0.3 is 0 Å². The smallest absolute Gasteiger partial charge is 0.242 e. The largest absolute Gasteiger partial charge is 0.320 e. The number of nitrogens with two attached hydrogens (primary N) is 1. The van der Waals surface area contributed by atoms with E-state index in [0.29, 0.717) is 5.13 Å². The lowest BCUT2D eigenvalue weighted by Gasteiger charge is -2.03. The number of aryl methyl sites for hydroxylation is 2. The monoisotopic (exact) mass is 199 g/mol. The van der Waals surface area contributed by atoms with E-state index in [1.807, 2.05) is 13.8 Å². The molecule has 1 aromatic heterocycles. The maximum absolute atomic E-state index is 11.2. The summed E-state index contributed by atoms with van der Waals surface area (Å²) in [5.41, 5.74) is 6.34. The topological polar surface area (TPSA) is 68.0 Å². The first-order valence-electron chi connectivity index (χ1n) is 4.01. The van der Waals surface area contributed by atoms with E-state index >= 15 is 0 Å². The minimum absolute atomic E-state index is 0.200. The van der Waals surface area contributed by atoms with Crippen LogP contribution in [0.5, 0.6) is 0 Å². The predicted molar refractivity (Wildman–Crippen MR) is 53.9 cm³/mol. The van der Waals surface area contributed by atoms with Crippen molar-refractivity contribution >= 4 is 22.4 Å². The Labute approximate surface area is 81.2 Å². The fourth-order valence-corrected chi connectivity index (χ4v) is 1.56. The van der Waals surface area contributed by atoms with Crippen LogP contribution in [0.4, 0.5) is 5.13 Å². The van der Waals surface area contributed by atoms with Gasteiger partial charge in [-0.15, -0.1) is 11.3 Å². The molecular weight excluding hydrogens is 186 g/mol. The second kappa shape index (κ2) is 3.85. The van der Waals surface area contributed by atoms with Crippen LogP contribution in [-0.2, 0) is 4.79 Å². The molecule has 0 aromatic carbocycles. The van der Waals surface area contributed by atoms with Crippen LogP contribution in [0.15, 0.2) is 0 Å². The van der Waals surface area contributed by atoms with E-state index < -0.39 is 6.04 Å². The minimum atomic E-state index is -0.496. The van der Waals surface area contributed by atoms with Crippen LogP contribution in [0.25, 0.3) is 0 Å². The maximum atomic E-state index is 11.2. The van der Waals surface area contributed by atoms with Crippen LogP contribution in [0.1, 0.15) is 17.5 Å². The Morgan fingerprint density at radius 3 is 2.62 bits per heavy atom. The van der Waals surface area contributed by atoms with Gasteiger partial charge in [-0.05, 0) is 20.8 Å². The molecule has 1 unspecified atom stereocenters. The van der Waals surface area contributed by atoms with Gasteiger partial charge in [-0.3, -0.25) is 4.79 Å². The molecule has 1 atom stereocenters. The van der Waals surface area contributed by atoms with Gasteiger partial charge in [-0.1, -0.05) is 0 Å². The zero-order valence-electron chi connectivity index (χ0n) is 7.92. The van der Waals surface area contributed by atoms with E-state index in [4.69, 9.17) is 5.73 Å². The zero-order valence-corrected chi connectivity index (χ0v) is 8.73. The Hall–Kier alpha value is -0.940. The van der Waals surface area contributed by atoms with Crippen molar-refractivity contribution in [3.8, 4) is 0 Å². The fourth-order valence-electron chi connectivity index (χ4n) is 0.745. The molecule has 0 aliphatic carbocycles. The first-order chi connectivity index (χ1) is 6.00. The summed E-state index contributed by atoms with van der Waals surface area (Å²) >= 11 is 1.46. The number of hydrogen-bond acceptors (Lipinski definition) is 4. The summed E-state index contributed by atoms with van der Waals surface area (Å²) in [5, 5.41) is 3.27. The standard InChI is InChI=1S/C8H13N3OS/c1-4(9)7(12)11-8-10-5(2)6(3)13-8/h4H,9H2,1-3H3,(H,10,11,12). The molecule has 0 spiro atoms. The average molecular weight is 199 g/mol.